The lowest BCUT2D eigenvalue weighted by Crippen LogP contribution is -2.49. The van der Waals surface area contributed by atoms with E-state index in [1.165, 1.54) is 0 Å². The van der Waals surface area contributed by atoms with E-state index >= 15 is 0 Å². The molecule has 0 radical (unpaired) electrons. The fourth-order valence-electron chi connectivity index (χ4n) is 2.15. The average molecular weight is 227 g/mol. The van der Waals surface area contributed by atoms with Crippen LogP contribution in [0.3, 0.4) is 0 Å². The Bertz CT molecular complexity index is 288. The second-order valence-corrected chi connectivity index (χ2v) is 4.50. The van der Waals surface area contributed by atoms with Crippen LogP contribution in [0.1, 0.15) is 25.7 Å². The topological polar surface area (TPSA) is 66.8 Å². The van der Waals surface area contributed by atoms with Crippen LogP contribution in [0.15, 0.2) is 0 Å². The molecule has 0 aromatic carbocycles. The standard InChI is InChI=1S/C11H17NO4/c13-10(14)6-9-7-12(4-5-16-9)11(15)8-2-1-3-8/h8-9H,1-7H2,(H,13,14). The Morgan fingerprint density at radius 1 is 1.38 bits per heavy atom. The average Bonchev–Trinajstić information content (AvgIpc) is 2.14. The molecule has 1 N–H and O–H groups in total. The lowest BCUT2D eigenvalue weighted by Gasteiger charge is -2.36. The van der Waals surface area contributed by atoms with Crippen LogP contribution in [-0.2, 0) is 14.3 Å². The highest BCUT2D eigenvalue weighted by Gasteiger charge is 2.32. The first-order valence-electron chi connectivity index (χ1n) is 5.79. The summed E-state index contributed by atoms with van der Waals surface area (Å²) in [7, 11) is 0. The summed E-state index contributed by atoms with van der Waals surface area (Å²) in [5, 5.41) is 8.67. The second kappa shape index (κ2) is 4.82. The third-order valence-corrected chi connectivity index (χ3v) is 3.31. The summed E-state index contributed by atoms with van der Waals surface area (Å²) >= 11 is 0. The molecule has 0 spiro atoms. The van der Waals surface area contributed by atoms with E-state index in [1.807, 2.05) is 0 Å². The van der Waals surface area contributed by atoms with Crippen molar-refractivity contribution in [1.29, 1.82) is 0 Å². The molecule has 2 fully saturated rings. The Kier molecular flexibility index (Phi) is 3.43. The molecule has 5 heteroatoms. The molecular formula is C11H17NO4. The van der Waals surface area contributed by atoms with Gasteiger partial charge < -0.3 is 14.7 Å². The number of morpholine rings is 1. The zero-order chi connectivity index (χ0) is 11.5. The van der Waals surface area contributed by atoms with E-state index in [-0.39, 0.29) is 24.3 Å². The molecule has 16 heavy (non-hydrogen) atoms. The largest absolute Gasteiger partial charge is 0.481 e. The van der Waals surface area contributed by atoms with Crippen LogP contribution in [-0.4, -0.2) is 47.7 Å². The first-order valence-corrected chi connectivity index (χ1v) is 5.79. The van der Waals surface area contributed by atoms with Gasteiger partial charge in [-0.1, -0.05) is 6.42 Å². The SMILES string of the molecule is O=C(O)CC1CN(C(=O)C2CCC2)CCO1. The van der Waals surface area contributed by atoms with E-state index in [1.54, 1.807) is 4.90 Å². The van der Waals surface area contributed by atoms with Gasteiger partial charge in [-0.25, -0.2) is 0 Å². The van der Waals surface area contributed by atoms with Gasteiger partial charge >= 0.3 is 5.97 Å². The van der Waals surface area contributed by atoms with Crippen molar-refractivity contribution in [1.82, 2.24) is 4.90 Å². The molecule has 1 unspecified atom stereocenters. The maximum absolute atomic E-state index is 11.9. The first kappa shape index (κ1) is 11.4. The zero-order valence-electron chi connectivity index (χ0n) is 9.22. The number of aliphatic carboxylic acids is 1. The number of hydrogen-bond acceptors (Lipinski definition) is 3. The molecule has 0 aromatic rings. The van der Waals surface area contributed by atoms with Gasteiger partial charge in [0.05, 0.1) is 19.1 Å². The van der Waals surface area contributed by atoms with Crippen LogP contribution in [0.25, 0.3) is 0 Å². The van der Waals surface area contributed by atoms with Crippen molar-refractivity contribution in [3.63, 3.8) is 0 Å². The summed E-state index contributed by atoms with van der Waals surface area (Å²) in [6.07, 6.45) is 2.75. The van der Waals surface area contributed by atoms with Crippen molar-refractivity contribution in [3.05, 3.63) is 0 Å². The Labute approximate surface area is 94.4 Å². The summed E-state index contributed by atoms with van der Waals surface area (Å²) in [4.78, 5) is 24.3. The van der Waals surface area contributed by atoms with E-state index in [0.29, 0.717) is 19.7 Å². The second-order valence-electron chi connectivity index (χ2n) is 4.50. The minimum atomic E-state index is -0.872. The first-order chi connectivity index (χ1) is 7.66. The number of carboxylic acids is 1. The summed E-state index contributed by atoms with van der Waals surface area (Å²) in [5.41, 5.74) is 0. The molecule has 1 saturated heterocycles. The van der Waals surface area contributed by atoms with E-state index in [0.717, 1.165) is 19.3 Å². The van der Waals surface area contributed by atoms with Crippen LogP contribution < -0.4 is 0 Å². The molecule has 1 aliphatic carbocycles. The normalized spacial score (nSPS) is 26.2. The third-order valence-electron chi connectivity index (χ3n) is 3.31. The quantitative estimate of drug-likeness (QED) is 0.762. The highest BCUT2D eigenvalue weighted by atomic mass is 16.5. The Morgan fingerprint density at radius 2 is 2.12 bits per heavy atom. The van der Waals surface area contributed by atoms with Gasteiger partial charge in [-0.05, 0) is 12.8 Å². The highest BCUT2D eigenvalue weighted by molar-refractivity contribution is 5.79. The predicted molar refractivity (Wildman–Crippen MR) is 55.9 cm³/mol. The van der Waals surface area contributed by atoms with Crippen LogP contribution in [0.5, 0.6) is 0 Å². The van der Waals surface area contributed by atoms with Crippen molar-refractivity contribution in [3.8, 4) is 0 Å². The lowest BCUT2D eigenvalue weighted by molar-refractivity contribution is -0.151. The van der Waals surface area contributed by atoms with Crippen molar-refractivity contribution in [2.75, 3.05) is 19.7 Å². The fourth-order valence-corrected chi connectivity index (χ4v) is 2.15. The van der Waals surface area contributed by atoms with Crippen molar-refractivity contribution in [2.45, 2.75) is 31.8 Å². The maximum atomic E-state index is 11.9. The van der Waals surface area contributed by atoms with E-state index in [4.69, 9.17) is 9.84 Å². The molecule has 1 aliphatic heterocycles. The summed E-state index contributed by atoms with van der Waals surface area (Å²) < 4.78 is 5.33. The van der Waals surface area contributed by atoms with Gasteiger partial charge in [-0.15, -0.1) is 0 Å². The number of nitrogens with zero attached hydrogens (tertiary/aromatic N) is 1. The van der Waals surface area contributed by atoms with Gasteiger partial charge in [0.2, 0.25) is 5.91 Å². The molecular weight excluding hydrogens is 210 g/mol. The Balaban J connectivity index is 1.85. The molecule has 0 bridgehead atoms. The van der Waals surface area contributed by atoms with Gasteiger partial charge in [-0.3, -0.25) is 9.59 Å². The highest BCUT2D eigenvalue weighted by Crippen LogP contribution is 2.28. The van der Waals surface area contributed by atoms with Crippen molar-refractivity contribution in [2.24, 2.45) is 5.92 Å². The van der Waals surface area contributed by atoms with E-state index in [2.05, 4.69) is 0 Å². The molecule has 5 nitrogen and oxygen atoms in total. The molecule has 2 aliphatic rings. The monoisotopic (exact) mass is 227 g/mol. The summed E-state index contributed by atoms with van der Waals surface area (Å²) in [6.45, 7) is 1.49. The van der Waals surface area contributed by atoms with Crippen LogP contribution in [0.2, 0.25) is 0 Å². The number of carbonyl (C=O) groups excluding carboxylic acids is 1. The van der Waals surface area contributed by atoms with Crippen molar-refractivity contribution >= 4 is 11.9 Å². The maximum Gasteiger partial charge on any atom is 0.306 e. The van der Waals surface area contributed by atoms with Crippen LogP contribution in [0, 0.1) is 5.92 Å². The Hall–Kier alpha value is -1.10. The summed E-state index contributed by atoms with van der Waals surface area (Å²) in [5.74, 6) is -0.503. The molecule has 1 heterocycles. The van der Waals surface area contributed by atoms with Crippen molar-refractivity contribution < 1.29 is 19.4 Å². The van der Waals surface area contributed by atoms with E-state index in [9.17, 15) is 9.59 Å². The third kappa shape index (κ3) is 2.52. The van der Waals surface area contributed by atoms with Gasteiger partial charge in [-0.2, -0.15) is 0 Å². The molecule has 0 aromatic heterocycles. The van der Waals surface area contributed by atoms with Crippen LogP contribution >= 0.6 is 0 Å². The molecule has 90 valence electrons. The minimum Gasteiger partial charge on any atom is -0.481 e. The molecule has 1 amide bonds. The number of ether oxygens (including phenoxy) is 1. The van der Waals surface area contributed by atoms with Gasteiger partial charge in [0.1, 0.15) is 0 Å². The molecule has 1 saturated carbocycles. The number of rotatable bonds is 3. The Morgan fingerprint density at radius 3 is 2.69 bits per heavy atom. The fraction of sp³-hybridized carbons (Fsp3) is 0.818. The number of amides is 1. The lowest BCUT2D eigenvalue weighted by atomic mass is 9.84. The predicted octanol–water partition coefficient (Wildman–Crippen LogP) is 0.489. The number of carboxylic acid groups (broad SMARTS) is 1. The van der Waals surface area contributed by atoms with Gasteiger partial charge in [0.15, 0.2) is 0 Å². The molecule has 1 atom stereocenters. The summed E-state index contributed by atoms with van der Waals surface area (Å²) in [6, 6.07) is 0. The minimum absolute atomic E-state index is 0.0194. The van der Waals surface area contributed by atoms with Gasteiger partial charge in [0, 0.05) is 19.0 Å². The van der Waals surface area contributed by atoms with Gasteiger partial charge in [0.25, 0.3) is 0 Å². The number of hydrogen-bond donors (Lipinski definition) is 1. The number of carbonyl (C=O) groups is 2. The molecule has 2 rings (SSSR count). The smallest absolute Gasteiger partial charge is 0.306 e. The zero-order valence-corrected chi connectivity index (χ0v) is 9.22. The van der Waals surface area contributed by atoms with E-state index < -0.39 is 5.97 Å². The van der Waals surface area contributed by atoms with Crippen LogP contribution in [0.4, 0.5) is 0 Å².